The molecule has 3 aromatic rings. The summed E-state index contributed by atoms with van der Waals surface area (Å²) >= 11 is 0. The van der Waals surface area contributed by atoms with E-state index in [9.17, 15) is 13.2 Å². The minimum Gasteiger partial charge on any atom is -0.495 e. The highest BCUT2D eigenvalue weighted by Crippen LogP contribution is 2.34. The summed E-state index contributed by atoms with van der Waals surface area (Å²) in [6, 6.07) is 16.5. The van der Waals surface area contributed by atoms with E-state index >= 15 is 0 Å². The van der Waals surface area contributed by atoms with Gasteiger partial charge >= 0.3 is 0 Å². The highest BCUT2D eigenvalue weighted by atomic mass is 32.2. The van der Waals surface area contributed by atoms with Crippen molar-refractivity contribution < 1.29 is 27.4 Å². The van der Waals surface area contributed by atoms with Crippen LogP contribution in [0.15, 0.2) is 65.6 Å². The average molecular weight is 485 g/mol. The van der Waals surface area contributed by atoms with Gasteiger partial charge in [-0.25, -0.2) is 8.42 Å². The van der Waals surface area contributed by atoms with Crippen LogP contribution in [0.3, 0.4) is 0 Å². The van der Waals surface area contributed by atoms with Gasteiger partial charge in [0, 0.05) is 6.07 Å². The Balaban J connectivity index is 2.02. The van der Waals surface area contributed by atoms with Gasteiger partial charge in [0.2, 0.25) is 5.91 Å². The lowest BCUT2D eigenvalue weighted by molar-refractivity contribution is -0.114. The van der Waals surface area contributed by atoms with Crippen LogP contribution in [0, 0.1) is 13.8 Å². The Morgan fingerprint density at radius 1 is 0.794 bits per heavy atom. The summed E-state index contributed by atoms with van der Waals surface area (Å²) in [6.45, 7) is 3.28. The molecule has 0 heterocycles. The summed E-state index contributed by atoms with van der Waals surface area (Å²) in [5, 5.41) is 2.76. The molecule has 0 aliphatic heterocycles. The van der Waals surface area contributed by atoms with E-state index in [0.717, 1.165) is 15.4 Å². The molecule has 3 aromatic carbocycles. The second-order valence-corrected chi connectivity index (χ2v) is 9.48. The van der Waals surface area contributed by atoms with Crippen LogP contribution >= 0.6 is 0 Å². The molecule has 1 amide bonds. The number of amides is 1. The number of hydrogen-bond acceptors (Lipinski definition) is 6. The van der Waals surface area contributed by atoms with Gasteiger partial charge in [-0.2, -0.15) is 0 Å². The van der Waals surface area contributed by atoms with Gasteiger partial charge in [0.25, 0.3) is 10.0 Å². The maximum absolute atomic E-state index is 13.6. The number of aryl methyl sites for hydroxylation is 2. The van der Waals surface area contributed by atoms with Crippen LogP contribution < -0.4 is 23.8 Å². The standard InChI is InChI=1S/C25H28N2O6S/c1-17-6-10-20(11-7-17)34(29,30)27(19-9-13-23(32-4)24(15-19)33-5)16-25(28)26-21-14-18(2)8-12-22(21)31-3/h6-15H,16H2,1-5H3,(H,26,28). The molecule has 8 nitrogen and oxygen atoms in total. The van der Waals surface area contributed by atoms with Gasteiger partial charge in [0.05, 0.1) is 37.6 Å². The number of carbonyl (C=O) groups excluding carboxylic acids is 1. The zero-order valence-corrected chi connectivity index (χ0v) is 20.6. The highest BCUT2D eigenvalue weighted by Gasteiger charge is 2.28. The third-order valence-electron chi connectivity index (χ3n) is 5.18. The first kappa shape index (κ1) is 24.9. The topological polar surface area (TPSA) is 94.2 Å². The van der Waals surface area contributed by atoms with Crippen LogP contribution in [-0.2, 0) is 14.8 Å². The zero-order chi connectivity index (χ0) is 24.9. The third-order valence-corrected chi connectivity index (χ3v) is 6.97. The van der Waals surface area contributed by atoms with Crippen molar-refractivity contribution in [2.45, 2.75) is 18.7 Å². The van der Waals surface area contributed by atoms with Crippen molar-refractivity contribution in [1.29, 1.82) is 0 Å². The number of benzene rings is 3. The molecule has 0 radical (unpaired) electrons. The molecule has 9 heteroatoms. The fraction of sp³-hybridized carbons (Fsp3) is 0.240. The minimum absolute atomic E-state index is 0.0637. The fourth-order valence-corrected chi connectivity index (χ4v) is 4.79. The van der Waals surface area contributed by atoms with Gasteiger partial charge in [-0.15, -0.1) is 0 Å². The number of carbonyl (C=O) groups is 1. The van der Waals surface area contributed by atoms with E-state index in [-0.39, 0.29) is 10.6 Å². The summed E-state index contributed by atoms with van der Waals surface area (Å²) in [7, 11) is 0.359. The summed E-state index contributed by atoms with van der Waals surface area (Å²) in [4.78, 5) is 13.1. The van der Waals surface area contributed by atoms with E-state index in [2.05, 4.69) is 5.32 Å². The quantitative estimate of drug-likeness (QED) is 0.490. The first-order valence-electron chi connectivity index (χ1n) is 10.5. The lowest BCUT2D eigenvalue weighted by Crippen LogP contribution is -2.38. The van der Waals surface area contributed by atoms with Gasteiger partial charge in [0.15, 0.2) is 11.5 Å². The SMILES string of the molecule is COc1ccc(C)cc1NC(=O)CN(c1ccc(OC)c(OC)c1)S(=O)(=O)c1ccc(C)cc1. The number of rotatable bonds is 9. The average Bonchev–Trinajstić information content (AvgIpc) is 2.82. The van der Waals surface area contributed by atoms with Gasteiger partial charge in [0.1, 0.15) is 12.3 Å². The Labute approximate surface area is 200 Å². The smallest absolute Gasteiger partial charge is 0.264 e. The molecule has 180 valence electrons. The van der Waals surface area contributed by atoms with E-state index in [4.69, 9.17) is 14.2 Å². The summed E-state index contributed by atoms with van der Waals surface area (Å²) < 4.78 is 44.2. The van der Waals surface area contributed by atoms with E-state index in [1.165, 1.54) is 39.5 Å². The van der Waals surface area contributed by atoms with Crippen molar-refractivity contribution in [2.24, 2.45) is 0 Å². The van der Waals surface area contributed by atoms with Crippen LogP contribution in [0.25, 0.3) is 0 Å². The Bertz CT molecular complexity index is 1270. The van der Waals surface area contributed by atoms with E-state index in [1.807, 2.05) is 19.9 Å². The molecular formula is C25H28N2O6S. The van der Waals surface area contributed by atoms with Gasteiger partial charge < -0.3 is 19.5 Å². The van der Waals surface area contributed by atoms with Gasteiger partial charge in [-0.1, -0.05) is 23.8 Å². The molecule has 34 heavy (non-hydrogen) atoms. The van der Waals surface area contributed by atoms with E-state index < -0.39 is 22.5 Å². The number of methoxy groups -OCH3 is 3. The number of anilines is 2. The molecule has 0 saturated carbocycles. The predicted octanol–water partition coefficient (Wildman–Crippen LogP) is 4.16. The van der Waals surface area contributed by atoms with E-state index in [0.29, 0.717) is 22.9 Å². The molecule has 0 bridgehead atoms. The molecule has 0 saturated heterocycles. The lowest BCUT2D eigenvalue weighted by atomic mass is 10.2. The van der Waals surface area contributed by atoms with Crippen LogP contribution in [0.4, 0.5) is 11.4 Å². The highest BCUT2D eigenvalue weighted by molar-refractivity contribution is 7.92. The van der Waals surface area contributed by atoms with Crippen molar-refractivity contribution in [3.8, 4) is 17.2 Å². The van der Waals surface area contributed by atoms with Gasteiger partial charge in [-0.05, 0) is 55.8 Å². The van der Waals surface area contributed by atoms with Crippen molar-refractivity contribution in [3.63, 3.8) is 0 Å². The maximum atomic E-state index is 13.6. The molecule has 0 spiro atoms. The maximum Gasteiger partial charge on any atom is 0.264 e. The molecule has 0 atom stereocenters. The fourth-order valence-electron chi connectivity index (χ4n) is 3.37. The molecule has 0 fully saturated rings. The molecule has 0 aliphatic carbocycles. The Morgan fingerprint density at radius 2 is 1.38 bits per heavy atom. The van der Waals surface area contributed by atoms with Crippen LogP contribution in [0.2, 0.25) is 0 Å². The normalized spacial score (nSPS) is 11.0. The minimum atomic E-state index is -4.08. The molecule has 0 aromatic heterocycles. The Kier molecular flexibility index (Phi) is 7.68. The number of sulfonamides is 1. The Hall–Kier alpha value is -3.72. The second kappa shape index (κ2) is 10.5. The van der Waals surface area contributed by atoms with E-state index in [1.54, 1.807) is 36.4 Å². The molecule has 0 aliphatic rings. The zero-order valence-electron chi connectivity index (χ0n) is 19.8. The monoisotopic (exact) mass is 484 g/mol. The predicted molar refractivity (Wildman–Crippen MR) is 132 cm³/mol. The molecule has 3 rings (SSSR count). The largest absolute Gasteiger partial charge is 0.495 e. The van der Waals surface area contributed by atoms with Crippen molar-refractivity contribution in [3.05, 3.63) is 71.8 Å². The Morgan fingerprint density at radius 3 is 2.00 bits per heavy atom. The first-order chi connectivity index (χ1) is 16.2. The first-order valence-corrected chi connectivity index (χ1v) is 11.9. The number of ether oxygens (including phenoxy) is 3. The van der Waals surface area contributed by atoms with Crippen molar-refractivity contribution >= 4 is 27.3 Å². The van der Waals surface area contributed by atoms with Crippen molar-refractivity contribution in [1.82, 2.24) is 0 Å². The second-order valence-electron chi connectivity index (χ2n) is 7.62. The number of hydrogen-bond donors (Lipinski definition) is 1. The van der Waals surface area contributed by atoms with Crippen LogP contribution in [0.1, 0.15) is 11.1 Å². The lowest BCUT2D eigenvalue weighted by Gasteiger charge is -2.25. The summed E-state index contributed by atoms with van der Waals surface area (Å²) in [6.07, 6.45) is 0. The summed E-state index contributed by atoms with van der Waals surface area (Å²) in [5.74, 6) is 0.713. The van der Waals surface area contributed by atoms with Crippen LogP contribution in [0.5, 0.6) is 17.2 Å². The number of nitrogens with zero attached hydrogens (tertiary/aromatic N) is 1. The molecule has 1 N–H and O–H groups in total. The molecular weight excluding hydrogens is 456 g/mol. The van der Waals surface area contributed by atoms with Crippen molar-refractivity contribution in [2.75, 3.05) is 37.5 Å². The van der Waals surface area contributed by atoms with Gasteiger partial charge in [-0.3, -0.25) is 9.10 Å². The number of nitrogens with one attached hydrogen (secondary N) is 1. The van der Waals surface area contributed by atoms with Crippen LogP contribution in [-0.4, -0.2) is 42.2 Å². The molecule has 0 unspecified atom stereocenters. The summed E-state index contributed by atoms with van der Waals surface area (Å²) in [5.41, 5.74) is 2.54. The third kappa shape index (κ3) is 5.43.